The molecule has 9 heteroatoms. The van der Waals surface area contributed by atoms with E-state index in [0.717, 1.165) is 32.7 Å². The number of carbonyl (C=O) groups excluding carboxylic acids is 1. The highest BCUT2D eigenvalue weighted by Crippen LogP contribution is 2.26. The van der Waals surface area contributed by atoms with Crippen LogP contribution in [-0.2, 0) is 24.5 Å². The lowest BCUT2D eigenvalue weighted by molar-refractivity contribution is -0.118. The lowest BCUT2D eigenvalue weighted by atomic mass is 10.1. The van der Waals surface area contributed by atoms with Crippen LogP contribution < -0.4 is 10.1 Å². The van der Waals surface area contributed by atoms with Crippen molar-refractivity contribution in [2.45, 2.75) is 31.8 Å². The largest absolute Gasteiger partial charge is 0.488 e. The summed E-state index contributed by atoms with van der Waals surface area (Å²) in [6.07, 6.45) is 0. The first-order valence-electron chi connectivity index (χ1n) is 11.1. The van der Waals surface area contributed by atoms with Gasteiger partial charge in [0.05, 0.1) is 10.2 Å². The van der Waals surface area contributed by atoms with E-state index in [1.165, 1.54) is 11.8 Å². The summed E-state index contributed by atoms with van der Waals surface area (Å²) in [4.78, 5) is 12.3. The van der Waals surface area contributed by atoms with Crippen LogP contribution in [0.1, 0.15) is 18.1 Å². The highest BCUT2D eigenvalue weighted by Gasteiger charge is 2.15. The summed E-state index contributed by atoms with van der Waals surface area (Å²) in [6.45, 7) is 3.66. The molecule has 0 fully saturated rings. The minimum atomic E-state index is -0.0634. The Labute approximate surface area is 222 Å². The third kappa shape index (κ3) is 6.87. The van der Waals surface area contributed by atoms with Crippen molar-refractivity contribution >= 4 is 45.2 Å². The molecule has 0 saturated heterocycles. The molecule has 0 bridgehead atoms. The predicted octanol–water partition coefficient (Wildman–Crippen LogP) is 6.37. The van der Waals surface area contributed by atoms with E-state index in [4.69, 9.17) is 16.3 Å². The molecule has 6 nitrogen and oxygen atoms in total. The molecular weight excluding hydrogens is 548 g/mol. The Bertz CT molecular complexity index is 1280. The van der Waals surface area contributed by atoms with Gasteiger partial charge in [-0.2, -0.15) is 0 Å². The number of hydrogen-bond acceptors (Lipinski definition) is 5. The van der Waals surface area contributed by atoms with Crippen molar-refractivity contribution in [1.29, 1.82) is 0 Å². The van der Waals surface area contributed by atoms with Gasteiger partial charge in [-0.05, 0) is 58.2 Å². The van der Waals surface area contributed by atoms with Crippen molar-refractivity contribution in [3.63, 3.8) is 0 Å². The molecule has 1 aromatic heterocycles. The monoisotopic (exact) mass is 570 g/mol. The fraction of sp³-hybridized carbons (Fsp3) is 0.192. The molecule has 0 saturated carbocycles. The summed E-state index contributed by atoms with van der Waals surface area (Å²) in [5, 5.41) is 13.0. The van der Waals surface area contributed by atoms with Crippen LogP contribution in [0.5, 0.6) is 5.75 Å². The predicted molar refractivity (Wildman–Crippen MR) is 144 cm³/mol. The van der Waals surface area contributed by atoms with E-state index in [0.29, 0.717) is 29.9 Å². The number of amides is 1. The van der Waals surface area contributed by atoms with E-state index in [-0.39, 0.29) is 11.7 Å². The van der Waals surface area contributed by atoms with E-state index in [1.54, 1.807) is 0 Å². The fourth-order valence-electron chi connectivity index (χ4n) is 3.35. The second-order valence-corrected chi connectivity index (χ2v) is 9.89. The zero-order chi connectivity index (χ0) is 24.6. The van der Waals surface area contributed by atoms with Crippen LogP contribution in [0.2, 0.25) is 5.02 Å². The normalized spacial score (nSPS) is 10.8. The van der Waals surface area contributed by atoms with Crippen LogP contribution in [0.15, 0.2) is 82.4 Å². The highest BCUT2D eigenvalue weighted by atomic mass is 79.9. The minimum absolute atomic E-state index is 0.0634. The van der Waals surface area contributed by atoms with Crippen LogP contribution in [0, 0.1) is 0 Å². The zero-order valence-electron chi connectivity index (χ0n) is 19.1. The van der Waals surface area contributed by atoms with Gasteiger partial charge in [0.2, 0.25) is 5.91 Å². The molecule has 1 N–H and O–H groups in total. The van der Waals surface area contributed by atoms with Gasteiger partial charge < -0.3 is 14.6 Å². The lowest BCUT2D eigenvalue weighted by Gasteiger charge is -2.10. The van der Waals surface area contributed by atoms with Gasteiger partial charge in [0, 0.05) is 23.7 Å². The van der Waals surface area contributed by atoms with Crippen molar-refractivity contribution in [3.05, 3.63) is 93.4 Å². The smallest absolute Gasteiger partial charge is 0.230 e. The van der Waals surface area contributed by atoms with Crippen LogP contribution in [0.4, 0.5) is 0 Å². The van der Waals surface area contributed by atoms with Gasteiger partial charge in [0.1, 0.15) is 12.4 Å². The fourth-order valence-corrected chi connectivity index (χ4v) is 4.71. The molecule has 3 aromatic carbocycles. The Kier molecular flexibility index (Phi) is 8.84. The summed E-state index contributed by atoms with van der Waals surface area (Å²) >= 11 is 10.8. The number of nitrogens with one attached hydrogen (secondary N) is 1. The summed E-state index contributed by atoms with van der Waals surface area (Å²) in [6, 6.07) is 23.3. The summed E-state index contributed by atoms with van der Waals surface area (Å²) in [5.74, 6) is 1.78. The first-order chi connectivity index (χ1) is 17.0. The first-order valence-corrected chi connectivity index (χ1v) is 13.2. The van der Waals surface area contributed by atoms with Crippen molar-refractivity contribution in [1.82, 2.24) is 20.1 Å². The standard InChI is InChI=1S/C26H24BrClN4O2S/c1-2-32-25(20-11-7-19(8-12-20)16-34-23-6-4-3-5-22(23)27)30-31-26(32)35-17-24(33)29-15-18-9-13-21(28)14-10-18/h3-14H,2,15-17H2,1H3,(H,29,33). The lowest BCUT2D eigenvalue weighted by Crippen LogP contribution is -2.24. The molecule has 0 unspecified atom stereocenters. The number of nitrogens with zero attached hydrogens (tertiary/aromatic N) is 3. The van der Waals surface area contributed by atoms with Crippen molar-refractivity contribution in [3.8, 4) is 17.1 Å². The topological polar surface area (TPSA) is 69.0 Å². The SMILES string of the molecule is CCn1c(SCC(=O)NCc2ccc(Cl)cc2)nnc1-c1ccc(COc2ccccc2Br)cc1. The summed E-state index contributed by atoms with van der Waals surface area (Å²) in [7, 11) is 0. The van der Waals surface area contributed by atoms with E-state index >= 15 is 0 Å². The Hall–Kier alpha value is -2.81. The summed E-state index contributed by atoms with van der Waals surface area (Å²) in [5.41, 5.74) is 3.01. The second-order valence-electron chi connectivity index (χ2n) is 7.66. The van der Waals surface area contributed by atoms with Crippen molar-refractivity contribution in [2.24, 2.45) is 0 Å². The van der Waals surface area contributed by atoms with Crippen LogP contribution in [0.25, 0.3) is 11.4 Å². The molecule has 0 radical (unpaired) electrons. The highest BCUT2D eigenvalue weighted by molar-refractivity contribution is 9.10. The molecule has 4 aromatic rings. The maximum absolute atomic E-state index is 12.3. The molecule has 35 heavy (non-hydrogen) atoms. The summed E-state index contributed by atoms with van der Waals surface area (Å²) < 4.78 is 8.84. The van der Waals surface area contributed by atoms with Gasteiger partial charge in [-0.3, -0.25) is 4.79 Å². The minimum Gasteiger partial charge on any atom is -0.488 e. The molecule has 0 aliphatic rings. The zero-order valence-corrected chi connectivity index (χ0v) is 22.2. The van der Waals surface area contributed by atoms with Crippen LogP contribution >= 0.6 is 39.3 Å². The van der Waals surface area contributed by atoms with E-state index in [9.17, 15) is 4.79 Å². The third-order valence-electron chi connectivity index (χ3n) is 5.21. The number of ether oxygens (including phenoxy) is 1. The molecule has 0 aliphatic carbocycles. The number of rotatable bonds is 10. The molecular formula is C26H24BrClN4O2S. The molecule has 0 atom stereocenters. The van der Waals surface area contributed by atoms with E-state index in [2.05, 4.69) is 31.4 Å². The van der Waals surface area contributed by atoms with E-state index in [1.807, 2.05) is 84.3 Å². The van der Waals surface area contributed by atoms with Crippen LogP contribution in [-0.4, -0.2) is 26.4 Å². The van der Waals surface area contributed by atoms with Gasteiger partial charge in [0.15, 0.2) is 11.0 Å². The maximum Gasteiger partial charge on any atom is 0.230 e. The number of benzene rings is 3. The number of hydrogen-bond donors (Lipinski definition) is 1. The molecule has 4 rings (SSSR count). The number of halogens is 2. The van der Waals surface area contributed by atoms with Gasteiger partial charge in [-0.15, -0.1) is 10.2 Å². The second kappa shape index (κ2) is 12.2. The number of aromatic nitrogens is 3. The molecule has 180 valence electrons. The molecule has 1 heterocycles. The number of thioether (sulfide) groups is 1. The molecule has 0 aliphatic heterocycles. The molecule has 1 amide bonds. The third-order valence-corrected chi connectivity index (χ3v) is 7.09. The number of para-hydroxylation sites is 1. The quantitative estimate of drug-likeness (QED) is 0.224. The molecule has 0 spiro atoms. The van der Waals surface area contributed by atoms with E-state index < -0.39 is 0 Å². The van der Waals surface area contributed by atoms with Gasteiger partial charge in [0.25, 0.3) is 0 Å². The average molecular weight is 572 g/mol. The van der Waals surface area contributed by atoms with Crippen molar-refractivity contribution in [2.75, 3.05) is 5.75 Å². The Morgan fingerprint density at radius 3 is 2.46 bits per heavy atom. The first kappa shape index (κ1) is 25.3. The maximum atomic E-state index is 12.3. The Morgan fingerprint density at radius 1 is 1.03 bits per heavy atom. The van der Waals surface area contributed by atoms with Crippen molar-refractivity contribution < 1.29 is 9.53 Å². The number of carbonyl (C=O) groups is 1. The van der Waals surface area contributed by atoms with Crippen LogP contribution in [0.3, 0.4) is 0 Å². The Balaban J connectivity index is 1.34. The Morgan fingerprint density at radius 2 is 1.74 bits per heavy atom. The average Bonchev–Trinajstić information content (AvgIpc) is 3.30. The van der Waals surface area contributed by atoms with Gasteiger partial charge in [-0.25, -0.2) is 0 Å². The van der Waals surface area contributed by atoms with Gasteiger partial charge >= 0.3 is 0 Å². The van der Waals surface area contributed by atoms with Gasteiger partial charge in [-0.1, -0.05) is 71.9 Å².